The molecule has 2 rings (SSSR count). The van der Waals surface area contributed by atoms with Crippen LogP contribution in [0.1, 0.15) is 16.7 Å². The van der Waals surface area contributed by atoms with Crippen molar-refractivity contribution in [1.29, 1.82) is 0 Å². The fraction of sp³-hybridized carbons (Fsp3) is 0.200. The molecule has 0 amide bonds. The van der Waals surface area contributed by atoms with Gasteiger partial charge in [-0.05, 0) is 29.5 Å². The van der Waals surface area contributed by atoms with Gasteiger partial charge >= 0.3 is 0 Å². The molecule has 2 aromatic rings. The lowest BCUT2D eigenvalue weighted by molar-refractivity contribution is 0.948. The van der Waals surface area contributed by atoms with Crippen LogP contribution in [-0.4, -0.2) is 0 Å². The average molecular weight is 322 g/mol. The summed E-state index contributed by atoms with van der Waals surface area (Å²) in [5.41, 5.74) is 4.38. The highest BCUT2D eigenvalue weighted by Crippen LogP contribution is 2.15. The van der Waals surface area contributed by atoms with Gasteiger partial charge in [-0.25, -0.2) is 0 Å². The smallest absolute Gasteiger partial charge is 0.0249 e. The van der Waals surface area contributed by atoms with E-state index in [4.69, 9.17) is 0 Å². The Morgan fingerprint density at radius 2 is 1.31 bits per heavy atom. The van der Waals surface area contributed by atoms with Crippen LogP contribution in [0.5, 0.6) is 0 Å². The number of benzene rings is 2. The van der Waals surface area contributed by atoms with Gasteiger partial charge in [0, 0.05) is 4.43 Å². The summed E-state index contributed by atoms with van der Waals surface area (Å²) in [4.78, 5) is 0. The van der Waals surface area contributed by atoms with Crippen LogP contribution in [0.2, 0.25) is 0 Å². The fourth-order valence-electron chi connectivity index (χ4n) is 1.86. The molecule has 0 heterocycles. The molecule has 0 saturated heterocycles. The second-order valence-corrected chi connectivity index (χ2v) is 4.65. The molecule has 1 heteroatoms. The molecular weight excluding hydrogens is 307 g/mol. The van der Waals surface area contributed by atoms with Crippen LogP contribution >= 0.6 is 22.6 Å². The molecular formula is C15H15I. The van der Waals surface area contributed by atoms with Crippen molar-refractivity contribution in [2.45, 2.75) is 17.3 Å². The molecule has 0 saturated carbocycles. The summed E-state index contributed by atoms with van der Waals surface area (Å²) in [6, 6.07) is 19.4. The summed E-state index contributed by atoms with van der Waals surface area (Å²) in [6.45, 7) is 0. The lowest BCUT2D eigenvalue weighted by atomic mass is 10.0. The minimum atomic E-state index is 1.10. The molecule has 0 aliphatic rings. The van der Waals surface area contributed by atoms with Crippen molar-refractivity contribution in [3.05, 3.63) is 71.3 Å². The monoisotopic (exact) mass is 322 g/mol. The second kappa shape index (κ2) is 6.04. The molecule has 0 nitrogen and oxygen atoms in total. The third kappa shape index (κ3) is 3.08. The topological polar surface area (TPSA) is 0 Å². The number of halogens is 1. The first kappa shape index (κ1) is 11.6. The van der Waals surface area contributed by atoms with Gasteiger partial charge in [-0.1, -0.05) is 77.2 Å². The van der Waals surface area contributed by atoms with Gasteiger partial charge in [0.05, 0.1) is 0 Å². The molecule has 0 aliphatic carbocycles. The summed E-state index contributed by atoms with van der Waals surface area (Å²) < 4.78 is 1.10. The lowest BCUT2D eigenvalue weighted by Gasteiger charge is -2.06. The van der Waals surface area contributed by atoms with Crippen molar-refractivity contribution in [1.82, 2.24) is 0 Å². The van der Waals surface area contributed by atoms with Crippen molar-refractivity contribution in [2.24, 2.45) is 0 Å². The Balaban J connectivity index is 2.05. The Morgan fingerprint density at radius 1 is 0.688 bits per heavy atom. The zero-order chi connectivity index (χ0) is 11.2. The summed E-state index contributed by atoms with van der Waals surface area (Å²) in [5, 5.41) is 0. The molecule has 82 valence electrons. The Bertz CT molecular complexity index is 434. The van der Waals surface area contributed by atoms with E-state index in [9.17, 15) is 0 Å². The maximum Gasteiger partial charge on any atom is 0.0249 e. The van der Waals surface area contributed by atoms with Crippen molar-refractivity contribution >= 4 is 22.6 Å². The zero-order valence-electron chi connectivity index (χ0n) is 9.20. The molecule has 0 N–H and O–H groups in total. The molecule has 0 aliphatic heterocycles. The Kier molecular flexibility index (Phi) is 4.40. The predicted molar refractivity (Wildman–Crippen MR) is 78.0 cm³/mol. The first-order valence-corrected chi connectivity index (χ1v) is 7.09. The summed E-state index contributed by atoms with van der Waals surface area (Å²) in [7, 11) is 0. The number of hydrogen-bond acceptors (Lipinski definition) is 0. The van der Waals surface area contributed by atoms with Crippen LogP contribution in [-0.2, 0) is 17.3 Å². The molecule has 0 fully saturated rings. The third-order valence-corrected chi connectivity index (χ3v) is 3.61. The molecule has 0 spiro atoms. The molecule has 16 heavy (non-hydrogen) atoms. The Labute approximate surface area is 111 Å². The lowest BCUT2D eigenvalue weighted by Crippen LogP contribution is -1.95. The van der Waals surface area contributed by atoms with Crippen molar-refractivity contribution in [3.8, 4) is 0 Å². The number of aryl methyl sites for hydroxylation is 2. The predicted octanol–water partition coefficient (Wildman–Crippen LogP) is 4.41. The van der Waals surface area contributed by atoms with E-state index in [0.29, 0.717) is 0 Å². The van der Waals surface area contributed by atoms with Crippen LogP contribution in [0.4, 0.5) is 0 Å². The van der Waals surface area contributed by atoms with Crippen LogP contribution in [0, 0.1) is 0 Å². The Hall–Kier alpha value is -0.830. The van der Waals surface area contributed by atoms with E-state index < -0.39 is 0 Å². The van der Waals surface area contributed by atoms with Gasteiger partial charge in [-0.3, -0.25) is 0 Å². The third-order valence-electron chi connectivity index (χ3n) is 2.79. The van der Waals surface area contributed by atoms with Crippen LogP contribution in [0.15, 0.2) is 54.6 Å². The molecule has 0 atom stereocenters. The molecule has 2 aromatic carbocycles. The fourth-order valence-corrected chi connectivity index (χ4v) is 2.60. The first-order valence-electron chi connectivity index (χ1n) is 5.57. The van der Waals surface area contributed by atoms with Gasteiger partial charge in [0.2, 0.25) is 0 Å². The van der Waals surface area contributed by atoms with Crippen LogP contribution in [0.25, 0.3) is 0 Å². The first-order chi connectivity index (χ1) is 7.90. The summed E-state index contributed by atoms with van der Waals surface area (Å²) in [5.74, 6) is 0. The second-order valence-electron chi connectivity index (χ2n) is 3.89. The molecule has 0 aromatic heterocycles. The van der Waals surface area contributed by atoms with E-state index in [1.807, 2.05) is 0 Å². The standard InChI is InChI=1S/C15H15I/c16-12-15-9-5-4-8-14(15)11-10-13-6-2-1-3-7-13/h1-9H,10-12H2. The number of hydrogen-bond donors (Lipinski definition) is 0. The summed E-state index contributed by atoms with van der Waals surface area (Å²) in [6.07, 6.45) is 2.28. The average Bonchev–Trinajstić information content (AvgIpc) is 2.38. The highest BCUT2D eigenvalue weighted by molar-refractivity contribution is 14.1. The highest BCUT2D eigenvalue weighted by Gasteiger charge is 2.00. The van der Waals surface area contributed by atoms with Crippen molar-refractivity contribution in [2.75, 3.05) is 0 Å². The SMILES string of the molecule is ICc1ccccc1CCc1ccccc1. The van der Waals surface area contributed by atoms with Gasteiger partial charge in [-0.15, -0.1) is 0 Å². The minimum absolute atomic E-state index is 1.10. The normalized spacial score (nSPS) is 10.3. The van der Waals surface area contributed by atoms with E-state index in [1.165, 1.54) is 16.7 Å². The zero-order valence-corrected chi connectivity index (χ0v) is 11.4. The number of rotatable bonds is 4. The van der Waals surface area contributed by atoms with Crippen molar-refractivity contribution in [3.63, 3.8) is 0 Å². The van der Waals surface area contributed by atoms with Crippen molar-refractivity contribution < 1.29 is 0 Å². The quantitative estimate of drug-likeness (QED) is 0.578. The van der Waals surface area contributed by atoms with Crippen LogP contribution < -0.4 is 0 Å². The number of alkyl halides is 1. The van der Waals surface area contributed by atoms with Gasteiger partial charge in [0.25, 0.3) is 0 Å². The van der Waals surface area contributed by atoms with Gasteiger partial charge < -0.3 is 0 Å². The maximum atomic E-state index is 2.43. The minimum Gasteiger partial charge on any atom is -0.0812 e. The van der Waals surface area contributed by atoms with Gasteiger partial charge in [0.1, 0.15) is 0 Å². The maximum absolute atomic E-state index is 2.43. The molecule has 0 radical (unpaired) electrons. The van der Waals surface area contributed by atoms with Gasteiger partial charge in [-0.2, -0.15) is 0 Å². The van der Waals surface area contributed by atoms with E-state index in [0.717, 1.165) is 17.3 Å². The summed E-state index contributed by atoms with van der Waals surface area (Å²) >= 11 is 2.43. The highest BCUT2D eigenvalue weighted by atomic mass is 127. The van der Waals surface area contributed by atoms with E-state index in [-0.39, 0.29) is 0 Å². The van der Waals surface area contributed by atoms with E-state index in [2.05, 4.69) is 77.2 Å². The van der Waals surface area contributed by atoms with Crippen LogP contribution in [0.3, 0.4) is 0 Å². The largest absolute Gasteiger partial charge is 0.0812 e. The molecule has 0 bridgehead atoms. The van der Waals surface area contributed by atoms with Gasteiger partial charge in [0.15, 0.2) is 0 Å². The Morgan fingerprint density at radius 3 is 2.00 bits per heavy atom. The van der Waals surface area contributed by atoms with E-state index >= 15 is 0 Å². The van der Waals surface area contributed by atoms with E-state index in [1.54, 1.807) is 0 Å². The molecule has 0 unspecified atom stereocenters.